The van der Waals surface area contributed by atoms with E-state index in [1.165, 1.54) is 5.56 Å². The molecule has 0 radical (unpaired) electrons. The van der Waals surface area contributed by atoms with E-state index in [0.717, 1.165) is 17.0 Å². The molecule has 2 rings (SSSR count). The van der Waals surface area contributed by atoms with Gasteiger partial charge in [0.25, 0.3) is 0 Å². The van der Waals surface area contributed by atoms with E-state index in [0.29, 0.717) is 12.4 Å². The van der Waals surface area contributed by atoms with Crippen molar-refractivity contribution in [1.29, 1.82) is 0 Å². The van der Waals surface area contributed by atoms with Crippen LogP contribution in [0.3, 0.4) is 0 Å². The second-order valence-electron chi connectivity index (χ2n) is 4.26. The zero-order chi connectivity index (χ0) is 13.7. The number of nitrogens with one attached hydrogen (secondary N) is 1. The van der Waals surface area contributed by atoms with Crippen molar-refractivity contribution < 1.29 is 9.47 Å². The Hall–Kier alpha value is -2.23. The molecule has 0 atom stereocenters. The van der Waals surface area contributed by atoms with E-state index in [1.807, 2.05) is 24.3 Å². The summed E-state index contributed by atoms with van der Waals surface area (Å²) in [6.45, 7) is 2.76. The molecule has 100 valence electrons. The van der Waals surface area contributed by atoms with Gasteiger partial charge in [0.15, 0.2) is 0 Å². The van der Waals surface area contributed by atoms with E-state index in [-0.39, 0.29) is 0 Å². The molecular weight excluding hydrogens is 240 g/mol. The maximum atomic E-state index is 5.35. The number of pyridine rings is 1. The maximum absolute atomic E-state index is 5.35. The number of nitrogens with zero attached hydrogens (tertiary/aromatic N) is 1. The van der Waals surface area contributed by atoms with Crippen LogP contribution in [0, 0.1) is 6.92 Å². The van der Waals surface area contributed by atoms with Gasteiger partial charge in [-0.25, -0.2) is 4.98 Å². The first kappa shape index (κ1) is 13.2. The first-order valence-corrected chi connectivity index (χ1v) is 6.10. The molecule has 0 aliphatic carbocycles. The van der Waals surface area contributed by atoms with Crippen molar-refractivity contribution >= 4 is 5.69 Å². The van der Waals surface area contributed by atoms with Crippen LogP contribution in [0.25, 0.3) is 0 Å². The molecule has 0 unspecified atom stereocenters. The zero-order valence-electron chi connectivity index (χ0n) is 11.4. The van der Waals surface area contributed by atoms with Gasteiger partial charge in [-0.2, -0.15) is 0 Å². The van der Waals surface area contributed by atoms with Gasteiger partial charge in [0.1, 0.15) is 5.75 Å². The van der Waals surface area contributed by atoms with Crippen LogP contribution in [0.2, 0.25) is 0 Å². The van der Waals surface area contributed by atoms with Gasteiger partial charge in [0.2, 0.25) is 5.88 Å². The number of hydrogen-bond acceptors (Lipinski definition) is 4. The Kier molecular flexibility index (Phi) is 4.23. The molecule has 0 fully saturated rings. The standard InChI is InChI=1S/C15H18N2O2/c1-11-4-6-14(18-2)12(8-11)9-16-13-5-7-15(19-3)17-10-13/h4-8,10,16H,9H2,1-3H3. The number of anilines is 1. The molecule has 2 aromatic rings. The summed E-state index contributed by atoms with van der Waals surface area (Å²) in [6.07, 6.45) is 1.75. The number of aromatic nitrogens is 1. The van der Waals surface area contributed by atoms with Crippen molar-refractivity contribution in [2.24, 2.45) is 0 Å². The minimum atomic E-state index is 0.610. The number of hydrogen-bond donors (Lipinski definition) is 1. The van der Waals surface area contributed by atoms with E-state index in [2.05, 4.69) is 23.3 Å². The van der Waals surface area contributed by atoms with Gasteiger partial charge in [-0.05, 0) is 19.1 Å². The van der Waals surface area contributed by atoms with Crippen molar-refractivity contribution in [2.75, 3.05) is 19.5 Å². The Labute approximate surface area is 113 Å². The lowest BCUT2D eigenvalue weighted by Crippen LogP contribution is -2.02. The summed E-state index contributed by atoms with van der Waals surface area (Å²) < 4.78 is 10.4. The molecule has 0 spiro atoms. The monoisotopic (exact) mass is 258 g/mol. The maximum Gasteiger partial charge on any atom is 0.213 e. The predicted octanol–water partition coefficient (Wildman–Crippen LogP) is 3.02. The van der Waals surface area contributed by atoms with Gasteiger partial charge in [-0.15, -0.1) is 0 Å². The molecule has 1 aromatic carbocycles. The normalized spacial score (nSPS) is 10.1. The minimum absolute atomic E-state index is 0.610. The Bertz CT molecular complexity index is 538. The smallest absolute Gasteiger partial charge is 0.213 e. The third-order valence-corrected chi connectivity index (χ3v) is 2.86. The van der Waals surface area contributed by atoms with Crippen LogP contribution >= 0.6 is 0 Å². The number of ether oxygens (including phenoxy) is 2. The lowest BCUT2D eigenvalue weighted by atomic mass is 10.1. The first-order chi connectivity index (χ1) is 9.22. The van der Waals surface area contributed by atoms with Crippen molar-refractivity contribution in [3.63, 3.8) is 0 Å². The van der Waals surface area contributed by atoms with Crippen LogP contribution in [0.4, 0.5) is 5.69 Å². The fourth-order valence-corrected chi connectivity index (χ4v) is 1.85. The van der Waals surface area contributed by atoms with Crippen LogP contribution in [0.1, 0.15) is 11.1 Å². The lowest BCUT2D eigenvalue weighted by molar-refractivity contribution is 0.398. The highest BCUT2D eigenvalue weighted by Gasteiger charge is 2.03. The van der Waals surface area contributed by atoms with Crippen LogP contribution in [-0.2, 0) is 6.54 Å². The highest BCUT2D eigenvalue weighted by atomic mass is 16.5. The topological polar surface area (TPSA) is 43.4 Å². The molecular formula is C15H18N2O2. The number of benzene rings is 1. The molecule has 0 aliphatic heterocycles. The second kappa shape index (κ2) is 6.09. The number of rotatable bonds is 5. The number of methoxy groups -OCH3 is 2. The molecule has 0 saturated carbocycles. The average Bonchev–Trinajstić information content (AvgIpc) is 2.46. The fourth-order valence-electron chi connectivity index (χ4n) is 1.85. The Morgan fingerprint density at radius 2 is 1.95 bits per heavy atom. The van der Waals surface area contributed by atoms with Crippen molar-refractivity contribution in [3.05, 3.63) is 47.7 Å². The van der Waals surface area contributed by atoms with E-state index in [9.17, 15) is 0 Å². The molecule has 0 aliphatic rings. The van der Waals surface area contributed by atoms with Crippen molar-refractivity contribution in [2.45, 2.75) is 13.5 Å². The third kappa shape index (κ3) is 3.37. The predicted molar refractivity (Wildman–Crippen MR) is 75.8 cm³/mol. The Balaban J connectivity index is 2.07. The highest BCUT2D eigenvalue weighted by molar-refractivity contribution is 5.45. The van der Waals surface area contributed by atoms with Crippen LogP contribution in [0.15, 0.2) is 36.5 Å². The first-order valence-electron chi connectivity index (χ1n) is 6.10. The summed E-state index contributed by atoms with van der Waals surface area (Å²) in [5.74, 6) is 1.50. The van der Waals surface area contributed by atoms with Gasteiger partial charge in [-0.3, -0.25) is 0 Å². The van der Waals surface area contributed by atoms with Crippen molar-refractivity contribution in [3.8, 4) is 11.6 Å². The van der Waals surface area contributed by atoms with E-state index in [1.54, 1.807) is 20.4 Å². The minimum Gasteiger partial charge on any atom is -0.496 e. The van der Waals surface area contributed by atoms with E-state index >= 15 is 0 Å². The summed E-state index contributed by atoms with van der Waals surface area (Å²) in [5.41, 5.74) is 3.29. The van der Waals surface area contributed by atoms with Gasteiger partial charge in [-0.1, -0.05) is 17.7 Å². The largest absolute Gasteiger partial charge is 0.496 e. The zero-order valence-corrected chi connectivity index (χ0v) is 11.4. The Morgan fingerprint density at radius 3 is 2.58 bits per heavy atom. The van der Waals surface area contributed by atoms with Gasteiger partial charge >= 0.3 is 0 Å². The van der Waals surface area contributed by atoms with Gasteiger partial charge < -0.3 is 14.8 Å². The molecule has 1 aromatic heterocycles. The molecule has 4 nitrogen and oxygen atoms in total. The third-order valence-electron chi connectivity index (χ3n) is 2.86. The number of aryl methyl sites for hydroxylation is 1. The summed E-state index contributed by atoms with van der Waals surface area (Å²) in [6, 6.07) is 9.91. The van der Waals surface area contributed by atoms with E-state index < -0.39 is 0 Å². The molecule has 4 heteroatoms. The summed E-state index contributed by atoms with van der Waals surface area (Å²) >= 11 is 0. The van der Waals surface area contributed by atoms with Crippen LogP contribution in [-0.4, -0.2) is 19.2 Å². The average molecular weight is 258 g/mol. The molecule has 19 heavy (non-hydrogen) atoms. The summed E-state index contributed by atoms with van der Waals surface area (Å²) in [4.78, 5) is 4.15. The summed E-state index contributed by atoms with van der Waals surface area (Å²) in [5, 5.41) is 3.32. The SMILES string of the molecule is COc1ccc(NCc2cc(C)ccc2OC)cn1. The molecule has 1 N–H and O–H groups in total. The molecule has 1 heterocycles. The quantitative estimate of drug-likeness (QED) is 0.895. The van der Waals surface area contributed by atoms with Crippen LogP contribution < -0.4 is 14.8 Å². The van der Waals surface area contributed by atoms with Crippen LogP contribution in [0.5, 0.6) is 11.6 Å². The van der Waals surface area contributed by atoms with Crippen molar-refractivity contribution in [1.82, 2.24) is 4.98 Å². The molecule has 0 saturated heterocycles. The Morgan fingerprint density at radius 1 is 1.11 bits per heavy atom. The highest BCUT2D eigenvalue weighted by Crippen LogP contribution is 2.21. The summed E-state index contributed by atoms with van der Waals surface area (Å²) in [7, 11) is 3.29. The second-order valence-corrected chi connectivity index (χ2v) is 4.26. The van der Waals surface area contributed by atoms with Gasteiger partial charge in [0.05, 0.1) is 26.1 Å². The van der Waals surface area contributed by atoms with Gasteiger partial charge in [0, 0.05) is 18.2 Å². The lowest BCUT2D eigenvalue weighted by Gasteiger charge is -2.11. The molecule has 0 bridgehead atoms. The fraction of sp³-hybridized carbons (Fsp3) is 0.267. The van der Waals surface area contributed by atoms with E-state index in [4.69, 9.17) is 9.47 Å². The molecule has 0 amide bonds.